The quantitative estimate of drug-likeness (QED) is 0.428. The standard InChI is InChI=1S/C20H32N4O4S/c1-21-29(27,28)15-17-11-9-16(10-12-17)14-23-19(25)8-5-13-22-20(26)24-18-6-3-2-4-7-18/h9-12,18,21H,2-8,13-15H2,1H3,(H,23,25)(H2,22,24,26). The fourth-order valence-electron chi connectivity index (χ4n) is 3.27. The molecule has 1 aliphatic carbocycles. The average Bonchev–Trinajstić information content (AvgIpc) is 2.71. The van der Waals surface area contributed by atoms with E-state index >= 15 is 0 Å². The van der Waals surface area contributed by atoms with Gasteiger partial charge >= 0.3 is 6.03 Å². The second-order valence-corrected chi connectivity index (χ2v) is 9.32. The van der Waals surface area contributed by atoms with Gasteiger partial charge in [0.2, 0.25) is 15.9 Å². The number of sulfonamides is 1. The number of benzene rings is 1. The molecule has 162 valence electrons. The summed E-state index contributed by atoms with van der Waals surface area (Å²) in [5, 5.41) is 8.62. The van der Waals surface area contributed by atoms with Gasteiger partial charge in [-0.2, -0.15) is 0 Å². The van der Waals surface area contributed by atoms with Crippen molar-refractivity contribution >= 4 is 22.0 Å². The van der Waals surface area contributed by atoms with E-state index in [4.69, 9.17) is 0 Å². The van der Waals surface area contributed by atoms with Gasteiger partial charge in [0.25, 0.3) is 0 Å². The van der Waals surface area contributed by atoms with E-state index in [0.29, 0.717) is 31.5 Å². The van der Waals surface area contributed by atoms with Gasteiger partial charge in [-0.25, -0.2) is 17.9 Å². The summed E-state index contributed by atoms with van der Waals surface area (Å²) in [7, 11) is -1.91. The van der Waals surface area contributed by atoms with Crippen LogP contribution in [0.1, 0.15) is 56.1 Å². The molecule has 1 aliphatic rings. The lowest BCUT2D eigenvalue weighted by Gasteiger charge is -2.22. The predicted molar refractivity (Wildman–Crippen MR) is 113 cm³/mol. The molecule has 1 aromatic rings. The number of carbonyl (C=O) groups is 2. The molecule has 4 N–H and O–H groups in total. The minimum absolute atomic E-state index is 0.0720. The van der Waals surface area contributed by atoms with Crippen molar-refractivity contribution in [2.45, 2.75) is 63.3 Å². The van der Waals surface area contributed by atoms with Crippen molar-refractivity contribution in [2.75, 3.05) is 13.6 Å². The van der Waals surface area contributed by atoms with E-state index in [1.54, 1.807) is 24.3 Å². The Kier molecular flexibility index (Phi) is 9.40. The Hall–Kier alpha value is -2.13. The third-order valence-electron chi connectivity index (χ3n) is 4.99. The van der Waals surface area contributed by atoms with Crippen LogP contribution < -0.4 is 20.7 Å². The second-order valence-electron chi connectivity index (χ2n) is 7.40. The van der Waals surface area contributed by atoms with Gasteiger partial charge in [0.15, 0.2) is 0 Å². The fourth-order valence-corrected chi connectivity index (χ4v) is 4.04. The van der Waals surface area contributed by atoms with Crippen LogP contribution in [0.4, 0.5) is 4.79 Å². The van der Waals surface area contributed by atoms with Crippen molar-refractivity contribution in [2.24, 2.45) is 0 Å². The topological polar surface area (TPSA) is 116 Å². The molecule has 29 heavy (non-hydrogen) atoms. The first kappa shape index (κ1) is 23.2. The van der Waals surface area contributed by atoms with E-state index in [0.717, 1.165) is 18.4 Å². The van der Waals surface area contributed by atoms with Gasteiger partial charge in [-0.1, -0.05) is 43.5 Å². The summed E-state index contributed by atoms with van der Waals surface area (Å²) in [6.07, 6.45) is 6.58. The number of amides is 3. The zero-order valence-electron chi connectivity index (χ0n) is 17.0. The molecule has 0 atom stereocenters. The van der Waals surface area contributed by atoms with Crippen LogP contribution in [0.15, 0.2) is 24.3 Å². The third-order valence-corrected chi connectivity index (χ3v) is 6.32. The van der Waals surface area contributed by atoms with E-state index in [1.807, 2.05) is 0 Å². The summed E-state index contributed by atoms with van der Waals surface area (Å²) in [6, 6.07) is 7.21. The Morgan fingerprint density at radius 1 is 1.00 bits per heavy atom. The maximum atomic E-state index is 11.9. The van der Waals surface area contributed by atoms with Crippen LogP contribution in [0.3, 0.4) is 0 Å². The number of hydrogen-bond acceptors (Lipinski definition) is 4. The van der Waals surface area contributed by atoms with Crippen LogP contribution in [-0.2, 0) is 27.1 Å². The summed E-state index contributed by atoms with van der Waals surface area (Å²) in [5.41, 5.74) is 1.58. The molecule has 1 fully saturated rings. The maximum absolute atomic E-state index is 11.9. The third kappa shape index (κ3) is 9.27. The molecule has 0 unspecified atom stereocenters. The molecule has 0 saturated heterocycles. The summed E-state index contributed by atoms with van der Waals surface area (Å²) in [4.78, 5) is 23.8. The summed E-state index contributed by atoms with van der Waals surface area (Å²) >= 11 is 0. The first-order valence-electron chi connectivity index (χ1n) is 10.2. The lowest BCUT2D eigenvalue weighted by atomic mass is 9.96. The zero-order valence-corrected chi connectivity index (χ0v) is 17.8. The van der Waals surface area contributed by atoms with Crippen molar-refractivity contribution in [1.29, 1.82) is 0 Å². The Morgan fingerprint density at radius 3 is 2.31 bits per heavy atom. The molecule has 2 rings (SSSR count). The molecule has 0 aliphatic heterocycles. The Labute approximate surface area is 173 Å². The second kappa shape index (κ2) is 11.8. The Bertz CT molecular complexity index is 759. The molecule has 0 radical (unpaired) electrons. The number of carbonyl (C=O) groups excluding carboxylic acids is 2. The van der Waals surface area contributed by atoms with Crippen molar-refractivity contribution in [3.63, 3.8) is 0 Å². The first-order chi connectivity index (χ1) is 13.9. The van der Waals surface area contributed by atoms with Crippen LogP contribution in [0.2, 0.25) is 0 Å². The van der Waals surface area contributed by atoms with Crippen LogP contribution in [-0.4, -0.2) is 40.0 Å². The number of rotatable bonds is 10. The highest BCUT2D eigenvalue weighted by Gasteiger charge is 2.15. The highest BCUT2D eigenvalue weighted by atomic mass is 32.2. The Morgan fingerprint density at radius 2 is 1.66 bits per heavy atom. The van der Waals surface area contributed by atoms with Gasteiger partial charge in [0.1, 0.15) is 0 Å². The minimum atomic E-state index is -3.29. The first-order valence-corrected chi connectivity index (χ1v) is 11.8. The van der Waals surface area contributed by atoms with Gasteiger partial charge in [-0.15, -0.1) is 0 Å². The van der Waals surface area contributed by atoms with Crippen LogP contribution >= 0.6 is 0 Å². The van der Waals surface area contributed by atoms with Crippen molar-refractivity contribution in [3.8, 4) is 0 Å². The summed E-state index contributed by atoms with van der Waals surface area (Å²) in [5.74, 6) is -0.154. The highest BCUT2D eigenvalue weighted by molar-refractivity contribution is 7.88. The smallest absolute Gasteiger partial charge is 0.315 e. The summed E-state index contributed by atoms with van der Waals surface area (Å²) in [6.45, 7) is 0.841. The monoisotopic (exact) mass is 424 g/mol. The minimum Gasteiger partial charge on any atom is -0.352 e. The normalized spacial score (nSPS) is 14.9. The van der Waals surface area contributed by atoms with Gasteiger partial charge in [0, 0.05) is 25.6 Å². The number of hydrogen-bond donors (Lipinski definition) is 4. The van der Waals surface area contributed by atoms with Crippen molar-refractivity contribution < 1.29 is 18.0 Å². The zero-order chi connectivity index (χ0) is 21.1. The Balaban J connectivity index is 1.59. The summed E-state index contributed by atoms with van der Waals surface area (Å²) < 4.78 is 25.4. The van der Waals surface area contributed by atoms with E-state index in [9.17, 15) is 18.0 Å². The molecule has 0 spiro atoms. The molecule has 9 heteroatoms. The van der Waals surface area contributed by atoms with Crippen LogP contribution in [0.5, 0.6) is 0 Å². The number of nitrogens with one attached hydrogen (secondary N) is 4. The molecule has 0 bridgehead atoms. The van der Waals surface area contributed by atoms with E-state index < -0.39 is 10.0 Å². The van der Waals surface area contributed by atoms with E-state index in [2.05, 4.69) is 20.7 Å². The van der Waals surface area contributed by atoms with E-state index in [1.165, 1.54) is 26.3 Å². The molecular weight excluding hydrogens is 392 g/mol. The van der Waals surface area contributed by atoms with Gasteiger partial charge in [-0.3, -0.25) is 4.79 Å². The molecular formula is C20H32N4O4S. The van der Waals surface area contributed by atoms with Crippen LogP contribution in [0.25, 0.3) is 0 Å². The molecule has 0 heterocycles. The van der Waals surface area contributed by atoms with Crippen molar-refractivity contribution in [1.82, 2.24) is 20.7 Å². The largest absolute Gasteiger partial charge is 0.352 e. The predicted octanol–water partition coefficient (Wildman–Crippen LogP) is 1.76. The van der Waals surface area contributed by atoms with Crippen LogP contribution in [0, 0.1) is 0 Å². The lowest BCUT2D eigenvalue weighted by molar-refractivity contribution is -0.121. The average molecular weight is 425 g/mol. The number of urea groups is 1. The highest BCUT2D eigenvalue weighted by Crippen LogP contribution is 2.17. The molecule has 1 aromatic carbocycles. The lowest BCUT2D eigenvalue weighted by Crippen LogP contribution is -2.43. The van der Waals surface area contributed by atoms with Gasteiger partial charge in [-0.05, 0) is 37.4 Å². The fraction of sp³-hybridized carbons (Fsp3) is 0.600. The molecule has 3 amide bonds. The maximum Gasteiger partial charge on any atom is 0.315 e. The molecule has 0 aromatic heterocycles. The molecule has 1 saturated carbocycles. The molecule has 8 nitrogen and oxygen atoms in total. The van der Waals surface area contributed by atoms with E-state index in [-0.39, 0.29) is 23.7 Å². The van der Waals surface area contributed by atoms with Crippen molar-refractivity contribution in [3.05, 3.63) is 35.4 Å². The SMILES string of the molecule is CNS(=O)(=O)Cc1ccc(CNC(=O)CCCNC(=O)NC2CCCCC2)cc1. The van der Waals surface area contributed by atoms with Gasteiger partial charge < -0.3 is 16.0 Å². The van der Waals surface area contributed by atoms with Gasteiger partial charge in [0.05, 0.1) is 5.75 Å².